The normalized spacial score (nSPS) is 18.2. The van der Waals surface area contributed by atoms with Gasteiger partial charge in [0.05, 0.1) is 12.0 Å². The van der Waals surface area contributed by atoms with Crippen LogP contribution >= 0.6 is 0 Å². The summed E-state index contributed by atoms with van der Waals surface area (Å²) in [6.07, 6.45) is 2.13. The van der Waals surface area contributed by atoms with E-state index in [0.29, 0.717) is 25.9 Å². The van der Waals surface area contributed by atoms with Gasteiger partial charge in [-0.15, -0.1) is 0 Å². The molecular formula is C21H31N3O4. The van der Waals surface area contributed by atoms with E-state index in [9.17, 15) is 19.5 Å². The summed E-state index contributed by atoms with van der Waals surface area (Å²) in [5.41, 5.74) is 4.82. The van der Waals surface area contributed by atoms with Crippen LogP contribution in [0.5, 0.6) is 0 Å². The molecule has 0 aliphatic carbocycles. The molecule has 1 fully saturated rings. The van der Waals surface area contributed by atoms with Crippen molar-refractivity contribution >= 4 is 17.8 Å². The maximum absolute atomic E-state index is 12.6. The standard InChI is InChI=1S/C21H31N3O4/c1-3-14(2)18(22)20(26)24-11-9-16(10-12-24)19(25)23-17(21(27)28)13-15-7-5-4-6-8-15/h4-8,14,16-18H,3,9-13,22H2,1-2H3,(H,23,25)(H,27,28)/t14-,17-,18-/m0/s1. The third kappa shape index (κ3) is 5.79. The van der Waals surface area contributed by atoms with Gasteiger partial charge in [0, 0.05) is 24.9 Å². The van der Waals surface area contributed by atoms with Crippen molar-refractivity contribution in [3.05, 3.63) is 35.9 Å². The Kier molecular flexibility index (Phi) is 7.99. The molecule has 1 aromatic carbocycles. The zero-order valence-corrected chi connectivity index (χ0v) is 16.7. The highest BCUT2D eigenvalue weighted by Crippen LogP contribution is 2.19. The number of carboxylic acids is 1. The van der Waals surface area contributed by atoms with Crippen LogP contribution in [0.2, 0.25) is 0 Å². The van der Waals surface area contributed by atoms with Gasteiger partial charge in [-0.25, -0.2) is 0 Å². The van der Waals surface area contributed by atoms with Crippen LogP contribution in [0.3, 0.4) is 0 Å². The Morgan fingerprint density at radius 1 is 1.21 bits per heavy atom. The fraction of sp³-hybridized carbons (Fsp3) is 0.571. The number of carboxylic acid groups (broad SMARTS) is 1. The average molecular weight is 389 g/mol. The number of nitrogens with zero attached hydrogens (tertiary/aromatic N) is 1. The Balaban J connectivity index is 1.88. The zero-order valence-electron chi connectivity index (χ0n) is 16.7. The summed E-state index contributed by atoms with van der Waals surface area (Å²) >= 11 is 0. The lowest BCUT2D eigenvalue weighted by Crippen LogP contribution is -2.70. The first kappa shape index (κ1) is 21.9. The SMILES string of the molecule is CC[C@H](C)[C@H]([NH3+])C(=O)N1CCC(C(=O)N[C@@H](Cc2ccccc2)C(=O)[O-])CC1. The molecule has 0 spiro atoms. The molecule has 0 aromatic heterocycles. The van der Waals surface area contributed by atoms with Crippen LogP contribution in [0, 0.1) is 11.8 Å². The number of carbonyl (C=O) groups is 3. The molecule has 7 nitrogen and oxygen atoms in total. The average Bonchev–Trinajstić information content (AvgIpc) is 2.72. The number of quaternary nitrogens is 1. The van der Waals surface area contributed by atoms with Crippen LogP contribution in [-0.2, 0) is 20.8 Å². The lowest BCUT2D eigenvalue weighted by atomic mass is 9.93. The summed E-state index contributed by atoms with van der Waals surface area (Å²) in [5.74, 6) is -1.63. The highest BCUT2D eigenvalue weighted by Gasteiger charge is 2.33. The van der Waals surface area contributed by atoms with Crippen molar-refractivity contribution in [2.24, 2.45) is 11.8 Å². The van der Waals surface area contributed by atoms with Crippen LogP contribution < -0.4 is 16.2 Å². The fourth-order valence-electron chi connectivity index (χ4n) is 3.46. The molecule has 1 aliphatic heterocycles. The molecule has 0 bridgehead atoms. The predicted molar refractivity (Wildman–Crippen MR) is 103 cm³/mol. The summed E-state index contributed by atoms with van der Waals surface area (Å²) in [7, 11) is 0. The van der Waals surface area contributed by atoms with Gasteiger partial charge in [0.25, 0.3) is 5.91 Å². The maximum Gasteiger partial charge on any atom is 0.281 e. The second kappa shape index (κ2) is 10.2. The molecule has 0 unspecified atom stereocenters. The summed E-state index contributed by atoms with van der Waals surface area (Å²) in [6, 6.07) is 7.80. The van der Waals surface area contributed by atoms with Crippen LogP contribution in [0.1, 0.15) is 38.7 Å². The van der Waals surface area contributed by atoms with Crippen LogP contribution in [-0.4, -0.2) is 47.9 Å². The van der Waals surface area contributed by atoms with Crippen molar-refractivity contribution in [1.29, 1.82) is 0 Å². The first-order valence-electron chi connectivity index (χ1n) is 10.0. The topological polar surface area (TPSA) is 117 Å². The Morgan fingerprint density at radius 3 is 2.36 bits per heavy atom. The van der Waals surface area contributed by atoms with Gasteiger partial charge in [-0.1, -0.05) is 44.2 Å². The minimum Gasteiger partial charge on any atom is -0.548 e. The van der Waals surface area contributed by atoms with E-state index in [2.05, 4.69) is 11.1 Å². The van der Waals surface area contributed by atoms with Crippen molar-refractivity contribution in [2.45, 2.75) is 51.6 Å². The lowest BCUT2D eigenvalue weighted by molar-refractivity contribution is -0.417. The largest absolute Gasteiger partial charge is 0.548 e. The van der Waals surface area contributed by atoms with Crippen molar-refractivity contribution in [3.8, 4) is 0 Å². The van der Waals surface area contributed by atoms with E-state index in [1.807, 2.05) is 44.2 Å². The monoisotopic (exact) mass is 389 g/mol. The second-order valence-electron chi connectivity index (χ2n) is 7.66. The van der Waals surface area contributed by atoms with E-state index in [4.69, 9.17) is 0 Å². The highest BCUT2D eigenvalue weighted by molar-refractivity contribution is 5.85. The zero-order chi connectivity index (χ0) is 20.7. The third-order valence-electron chi connectivity index (χ3n) is 5.71. The van der Waals surface area contributed by atoms with Gasteiger partial charge in [0.15, 0.2) is 6.04 Å². The van der Waals surface area contributed by atoms with E-state index >= 15 is 0 Å². The van der Waals surface area contributed by atoms with Gasteiger partial charge in [-0.05, 0) is 31.2 Å². The first-order chi connectivity index (χ1) is 13.3. The first-order valence-corrected chi connectivity index (χ1v) is 10.0. The predicted octanol–water partition coefficient (Wildman–Crippen LogP) is -0.641. The molecule has 1 aliphatic rings. The lowest BCUT2D eigenvalue weighted by Gasteiger charge is -2.33. The molecule has 28 heavy (non-hydrogen) atoms. The van der Waals surface area contributed by atoms with E-state index in [-0.39, 0.29) is 36.1 Å². The molecule has 0 radical (unpaired) electrons. The summed E-state index contributed by atoms with van der Waals surface area (Å²) in [5, 5.41) is 14.1. The number of hydrogen-bond acceptors (Lipinski definition) is 4. The number of likely N-dealkylation sites (tertiary alicyclic amines) is 1. The third-order valence-corrected chi connectivity index (χ3v) is 5.71. The van der Waals surface area contributed by atoms with E-state index < -0.39 is 12.0 Å². The number of carbonyl (C=O) groups excluding carboxylic acids is 3. The van der Waals surface area contributed by atoms with Crippen LogP contribution in [0.4, 0.5) is 0 Å². The molecule has 3 atom stereocenters. The van der Waals surface area contributed by atoms with Crippen LogP contribution in [0.15, 0.2) is 30.3 Å². The van der Waals surface area contributed by atoms with Crippen molar-refractivity contribution in [2.75, 3.05) is 13.1 Å². The Labute approximate surface area is 166 Å². The number of nitrogens with one attached hydrogen (secondary N) is 1. The van der Waals surface area contributed by atoms with E-state index in [1.165, 1.54) is 0 Å². The minimum atomic E-state index is -1.29. The molecule has 1 saturated heterocycles. The van der Waals surface area contributed by atoms with Crippen molar-refractivity contribution in [1.82, 2.24) is 10.2 Å². The smallest absolute Gasteiger partial charge is 0.281 e. The number of benzene rings is 1. The molecule has 1 heterocycles. The van der Waals surface area contributed by atoms with Crippen molar-refractivity contribution in [3.63, 3.8) is 0 Å². The Morgan fingerprint density at radius 2 is 1.82 bits per heavy atom. The summed E-state index contributed by atoms with van der Waals surface area (Å²) < 4.78 is 0. The molecule has 4 N–H and O–H groups in total. The molecule has 0 saturated carbocycles. The molecule has 2 rings (SSSR count). The summed E-state index contributed by atoms with van der Waals surface area (Å²) in [4.78, 5) is 38.3. The number of aliphatic carboxylic acids is 1. The Hall–Kier alpha value is -2.41. The van der Waals surface area contributed by atoms with Crippen LogP contribution in [0.25, 0.3) is 0 Å². The second-order valence-corrected chi connectivity index (χ2v) is 7.66. The van der Waals surface area contributed by atoms with Crippen molar-refractivity contribution < 1.29 is 25.2 Å². The van der Waals surface area contributed by atoms with E-state index in [1.54, 1.807) is 4.90 Å². The van der Waals surface area contributed by atoms with Gasteiger partial charge in [0.1, 0.15) is 0 Å². The number of rotatable bonds is 8. The maximum atomic E-state index is 12.6. The molecule has 7 heteroatoms. The molecule has 1 aromatic rings. The number of piperidine rings is 1. The van der Waals surface area contributed by atoms with E-state index in [0.717, 1.165) is 12.0 Å². The number of amides is 2. The van der Waals surface area contributed by atoms with Gasteiger partial charge >= 0.3 is 0 Å². The van der Waals surface area contributed by atoms with Gasteiger partial charge in [0.2, 0.25) is 5.91 Å². The minimum absolute atomic E-state index is 0.0323. The summed E-state index contributed by atoms with van der Waals surface area (Å²) in [6.45, 7) is 5.04. The quantitative estimate of drug-likeness (QED) is 0.615. The van der Waals surface area contributed by atoms with Gasteiger partial charge in [-0.2, -0.15) is 0 Å². The number of hydrogen-bond donors (Lipinski definition) is 2. The van der Waals surface area contributed by atoms with Gasteiger partial charge in [-0.3, -0.25) is 9.59 Å². The fourth-order valence-corrected chi connectivity index (χ4v) is 3.46. The molecule has 154 valence electrons. The Bertz CT molecular complexity index is 671. The van der Waals surface area contributed by atoms with Gasteiger partial charge < -0.3 is 25.9 Å². The highest BCUT2D eigenvalue weighted by atomic mass is 16.4. The molecule has 2 amide bonds. The molecular weight excluding hydrogens is 358 g/mol.